The number of benzene rings is 1. The van der Waals surface area contributed by atoms with E-state index < -0.39 is 35.6 Å². The number of hydrogen-bond donors (Lipinski definition) is 0. The molecule has 1 saturated heterocycles. The lowest BCUT2D eigenvalue weighted by atomic mass is 9.43. The summed E-state index contributed by atoms with van der Waals surface area (Å²) in [6.07, 6.45) is 5.14. The summed E-state index contributed by atoms with van der Waals surface area (Å²) >= 11 is 1.38. The summed E-state index contributed by atoms with van der Waals surface area (Å²) in [7, 11) is 2.14. The van der Waals surface area contributed by atoms with Crippen molar-refractivity contribution in [3.63, 3.8) is 0 Å². The number of carbonyl (C=O) groups excluding carboxylic acids is 3. The molecule has 15 heteroatoms. The summed E-state index contributed by atoms with van der Waals surface area (Å²) in [6, 6.07) is 3.43. The SMILES string of the molecule is CCCCOC(=O)c1c(OC)ccc(C[C@H](Sc2ncn(CCCC(=O)OC)n2)B2OC3CC4CC(C4(C)C)[C@]3(C)O2)c1OC(=O)OC(C)(C)C. The molecule has 280 valence electrons. The van der Waals surface area contributed by atoms with Crippen LogP contribution in [0.2, 0.25) is 0 Å². The van der Waals surface area contributed by atoms with Gasteiger partial charge in [-0.2, -0.15) is 0 Å². The number of methoxy groups -OCH3 is 2. The molecule has 2 heterocycles. The maximum atomic E-state index is 13.6. The van der Waals surface area contributed by atoms with Gasteiger partial charge in [-0.3, -0.25) is 9.48 Å². The predicted octanol–water partition coefficient (Wildman–Crippen LogP) is 6.48. The number of carbonyl (C=O) groups is 3. The van der Waals surface area contributed by atoms with Crippen LogP contribution < -0.4 is 9.47 Å². The molecule has 51 heavy (non-hydrogen) atoms. The largest absolute Gasteiger partial charge is 0.514 e. The van der Waals surface area contributed by atoms with Crippen LogP contribution in [-0.2, 0) is 41.3 Å². The molecule has 4 aliphatic rings. The molecule has 2 bridgehead atoms. The van der Waals surface area contributed by atoms with Crippen molar-refractivity contribution < 1.29 is 47.4 Å². The first kappa shape index (κ1) is 38.9. The van der Waals surface area contributed by atoms with E-state index in [2.05, 4.69) is 30.9 Å². The Morgan fingerprint density at radius 2 is 1.90 bits per heavy atom. The molecule has 2 aromatic rings. The molecule has 6 rings (SSSR count). The second-order valence-corrected chi connectivity index (χ2v) is 16.6. The highest BCUT2D eigenvalue weighted by Crippen LogP contribution is 2.66. The van der Waals surface area contributed by atoms with E-state index in [4.69, 9.17) is 33.0 Å². The summed E-state index contributed by atoms with van der Waals surface area (Å²) in [6.45, 7) is 14.7. The maximum Gasteiger partial charge on any atom is 0.514 e. The topological polar surface area (TPSA) is 147 Å². The molecule has 4 fully saturated rings. The minimum atomic E-state index is -0.968. The van der Waals surface area contributed by atoms with E-state index in [0.717, 1.165) is 19.3 Å². The fourth-order valence-corrected chi connectivity index (χ4v) is 8.54. The summed E-state index contributed by atoms with van der Waals surface area (Å²) in [5.74, 6) is 0.132. The Balaban J connectivity index is 1.49. The summed E-state index contributed by atoms with van der Waals surface area (Å²) in [5.41, 5.74) is -0.662. The monoisotopic (exact) mass is 729 g/mol. The lowest BCUT2D eigenvalue weighted by Crippen LogP contribution is -2.65. The molecule has 5 atom stereocenters. The van der Waals surface area contributed by atoms with Crippen LogP contribution in [-0.4, -0.2) is 83.3 Å². The Kier molecular flexibility index (Phi) is 12.0. The van der Waals surface area contributed by atoms with Gasteiger partial charge in [0.05, 0.1) is 37.7 Å². The van der Waals surface area contributed by atoms with E-state index in [-0.39, 0.29) is 54.0 Å². The van der Waals surface area contributed by atoms with E-state index in [1.165, 1.54) is 26.0 Å². The number of nitrogens with zero attached hydrogens (tertiary/aromatic N) is 3. The van der Waals surface area contributed by atoms with Crippen molar-refractivity contribution >= 4 is 37.0 Å². The van der Waals surface area contributed by atoms with Gasteiger partial charge < -0.3 is 33.0 Å². The zero-order valence-electron chi connectivity index (χ0n) is 31.3. The van der Waals surface area contributed by atoms with Gasteiger partial charge in [-0.25, -0.2) is 14.6 Å². The molecule has 3 saturated carbocycles. The highest BCUT2D eigenvalue weighted by atomic mass is 32.2. The fourth-order valence-electron chi connectivity index (χ4n) is 7.51. The first-order valence-electron chi connectivity index (χ1n) is 17.8. The standard InChI is InChI=1S/C36H52BN3O10S/c1-10-11-17-46-31(42)29-24(44-8)15-14-22(30(29)47-33(43)48-34(2,3)4)18-27(51-32-38-21-40(39-32)16-12-13-28(41)45-9)37-49-26-20-23-19-25(35(23,5)6)36(26,7)50-37/h14-15,21,23,25-27H,10-13,16-20H2,1-9H3/t23?,25?,26?,27-,36-/m0/s1. The van der Waals surface area contributed by atoms with Crippen molar-refractivity contribution in [3.8, 4) is 11.5 Å². The summed E-state index contributed by atoms with van der Waals surface area (Å²) in [4.78, 5) is 43.0. The van der Waals surface area contributed by atoms with Crippen LogP contribution in [0.4, 0.5) is 4.79 Å². The molecular weight excluding hydrogens is 677 g/mol. The molecule has 3 unspecified atom stereocenters. The Bertz CT molecular complexity index is 1580. The Morgan fingerprint density at radius 1 is 1.14 bits per heavy atom. The number of esters is 2. The number of thioether (sulfide) groups is 1. The van der Waals surface area contributed by atoms with Crippen molar-refractivity contribution in [3.05, 3.63) is 29.6 Å². The lowest BCUT2D eigenvalue weighted by Gasteiger charge is -2.64. The second-order valence-electron chi connectivity index (χ2n) is 15.4. The third-order valence-corrected chi connectivity index (χ3v) is 11.5. The minimum Gasteiger partial charge on any atom is -0.496 e. The number of aromatic nitrogens is 3. The number of aryl methyl sites for hydroxylation is 1. The Labute approximate surface area is 305 Å². The van der Waals surface area contributed by atoms with Gasteiger partial charge in [0.15, 0.2) is 5.75 Å². The van der Waals surface area contributed by atoms with Gasteiger partial charge in [-0.15, -0.1) is 5.10 Å². The second kappa shape index (κ2) is 15.8. The van der Waals surface area contributed by atoms with Crippen LogP contribution in [0.15, 0.2) is 23.6 Å². The first-order chi connectivity index (χ1) is 24.1. The van der Waals surface area contributed by atoms with Crippen LogP contribution >= 0.6 is 11.8 Å². The van der Waals surface area contributed by atoms with Gasteiger partial charge in [0, 0.05) is 13.0 Å². The van der Waals surface area contributed by atoms with Crippen molar-refractivity contribution in [2.45, 2.75) is 128 Å². The van der Waals surface area contributed by atoms with Crippen LogP contribution in [0.3, 0.4) is 0 Å². The quantitative estimate of drug-likeness (QED) is 0.0493. The molecule has 1 aliphatic heterocycles. The molecule has 1 aromatic heterocycles. The van der Waals surface area contributed by atoms with E-state index in [9.17, 15) is 14.4 Å². The van der Waals surface area contributed by atoms with Crippen LogP contribution in [0, 0.1) is 17.3 Å². The third-order valence-electron chi connectivity index (χ3n) is 10.4. The average Bonchev–Trinajstić information content (AvgIpc) is 3.66. The number of unbranched alkanes of at least 4 members (excludes halogenated alkanes) is 1. The van der Waals surface area contributed by atoms with Crippen LogP contribution in [0.5, 0.6) is 11.5 Å². The van der Waals surface area contributed by atoms with Crippen LogP contribution in [0.1, 0.15) is 103 Å². The number of hydrogen-bond acceptors (Lipinski definition) is 13. The maximum absolute atomic E-state index is 13.6. The van der Waals surface area contributed by atoms with Gasteiger partial charge >= 0.3 is 25.2 Å². The van der Waals surface area contributed by atoms with Crippen molar-refractivity contribution in [2.75, 3.05) is 20.8 Å². The first-order valence-corrected chi connectivity index (χ1v) is 18.7. The normalized spacial score (nSPS) is 23.9. The Morgan fingerprint density at radius 3 is 2.57 bits per heavy atom. The van der Waals surface area contributed by atoms with Gasteiger partial charge in [-0.1, -0.05) is 45.0 Å². The van der Waals surface area contributed by atoms with Crippen LogP contribution in [0.25, 0.3) is 0 Å². The molecule has 0 amide bonds. The van der Waals surface area contributed by atoms with E-state index in [1.54, 1.807) is 43.9 Å². The summed E-state index contributed by atoms with van der Waals surface area (Å²) in [5, 5.41) is 4.72. The molecule has 0 spiro atoms. The molecular formula is C36H52BN3O10S. The molecule has 3 aliphatic carbocycles. The smallest absolute Gasteiger partial charge is 0.496 e. The van der Waals surface area contributed by atoms with Gasteiger partial charge in [0.1, 0.15) is 23.2 Å². The number of rotatable bonds is 15. The molecule has 0 N–H and O–H groups in total. The lowest BCUT2D eigenvalue weighted by molar-refractivity contribution is -0.199. The van der Waals surface area contributed by atoms with Crippen molar-refractivity contribution in [1.29, 1.82) is 0 Å². The predicted molar refractivity (Wildman–Crippen MR) is 190 cm³/mol. The molecule has 1 aromatic carbocycles. The summed E-state index contributed by atoms with van der Waals surface area (Å²) < 4.78 is 42.7. The zero-order chi connectivity index (χ0) is 37.1. The number of ether oxygens (including phenoxy) is 5. The zero-order valence-corrected chi connectivity index (χ0v) is 32.1. The third kappa shape index (κ3) is 8.68. The van der Waals surface area contributed by atoms with E-state index >= 15 is 0 Å². The molecule has 0 radical (unpaired) electrons. The van der Waals surface area contributed by atoms with Crippen molar-refractivity contribution in [1.82, 2.24) is 14.8 Å². The van der Waals surface area contributed by atoms with Gasteiger partial charge in [-0.05, 0) is 88.7 Å². The fraction of sp³-hybridized carbons (Fsp3) is 0.694. The molecule has 13 nitrogen and oxygen atoms in total. The minimum absolute atomic E-state index is 0.00909. The average molecular weight is 730 g/mol. The van der Waals surface area contributed by atoms with Crippen molar-refractivity contribution in [2.24, 2.45) is 17.3 Å². The van der Waals surface area contributed by atoms with Gasteiger partial charge in [0.25, 0.3) is 0 Å². The Hall–Kier alpha value is -3.30. The van der Waals surface area contributed by atoms with E-state index in [0.29, 0.717) is 41.9 Å². The highest BCUT2D eigenvalue weighted by Gasteiger charge is 2.68. The van der Waals surface area contributed by atoms with E-state index in [1.807, 2.05) is 6.92 Å². The van der Waals surface area contributed by atoms with Gasteiger partial charge in [0.2, 0.25) is 5.16 Å². The highest BCUT2D eigenvalue weighted by molar-refractivity contribution is 8.01.